The maximum absolute atomic E-state index is 5.26. The summed E-state index contributed by atoms with van der Waals surface area (Å²) in [6, 6.07) is 6.85. The summed E-state index contributed by atoms with van der Waals surface area (Å²) in [4.78, 5) is 0. The molecule has 0 amide bonds. The van der Waals surface area contributed by atoms with E-state index in [0.29, 0.717) is 6.04 Å². The Bertz CT molecular complexity index is 394. The molecule has 1 aromatic carbocycles. The average molecular weight is 312 g/mol. The van der Waals surface area contributed by atoms with Gasteiger partial charge in [-0.25, -0.2) is 0 Å². The van der Waals surface area contributed by atoms with Crippen LogP contribution in [0.3, 0.4) is 0 Å². The topological polar surface area (TPSA) is 21.3 Å². The Hall–Kier alpha value is -0.700. The van der Waals surface area contributed by atoms with Crippen molar-refractivity contribution in [1.29, 1.82) is 0 Å². The molecule has 100 valence electrons. The highest BCUT2D eigenvalue weighted by Crippen LogP contribution is 2.32. The third-order valence-corrected chi connectivity index (χ3v) is 4.56. The highest BCUT2D eigenvalue weighted by Gasteiger charge is 2.23. The molecule has 18 heavy (non-hydrogen) atoms. The minimum atomic E-state index is 0.629. The van der Waals surface area contributed by atoms with Gasteiger partial charge in [-0.15, -0.1) is 0 Å². The van der Waals surface area contributed by atoms with E-state index < -0.39 is 0 Å². The molecule has 0 heterocycles. The summed E-state index contributed by atoms with van der Waals surface area (Å²) < 4.78 is 6.27. The first-order valence-corrected chi connectivity index (χ1v) is 7.64. The first-order chi connectivity index (χ1) is 8.74. The van der Waals surface area contributed by atoms with Crippen molar-refractivity contribution in [3.05, 3.63) is 22.7 Å². The van der Waals surface area contributed by atoms with Crippen LogP contribution in [-0.4, -0.2) is 13.2 Å². The molecule has 2 unspecified atom stereocenters. The molecule has 1 saturated carbocycles. The monoisotopic (exact) mass is 311 g/mol. The summed E-state index contributed by atoms with van der Waals surface area (Å²) in [5.74, 6) is 1.70. The number of nitrogens with one attached hydrogen (secondary N) is 1. The van der Waals surface area contributed by atoms with Crippen LogP contribution in [0.5, 0.6) is 5.75 Å². The molecule has 1 aliphatic carbocycles. The van der Waals surface area contributed by atoms with Gasteiger partial charge in [-0.3, -0.25) is 0 Å². The van der Waals surface area contributed by atoms with Crippen molar-refractivity contribution in [3.8, 4) is 5.75 Å². The zero-order valence-electron chi connectivity index (χ0n) is 11.2. The molecule has 0 radical (unpaired) electrons. The Morgan fingerprint density at radius 2 is 2.11 bits per heavy atom. The second kappa shape index (κ2) is 6.46. The standard InChI is InChI=1S/C15H22BrNO/c1-3-11-6-4-5-7-14(11)17-12-8-9-15(18-2)13(16)10-12/h8-11,14,17H,3-7H2,1-2H3. The van der Waals surface area contributed by atoms with Crippen LogP contribution in [0.15, 0.2) is 22.7 Å². The van der Waals surface area contributed by atoms with E-state index in [-0.39, 0.29) is 0 Å². The maximum Gasteiger partial charge on any atom is 0.133 e. The molecular formula is C15H22BrNO. The van der Waals surface area contributed by atoms with Gasteiger partial charge in [-0.1, -0.05) is 26.2 Å². The molecule has 0 saturated heterocycles. The van der Waals surface area contributed by atoms with Crippen LogP contribution in [0, 0.1) is 5.92 Å². The lowest BCUT2D eigenvalue weighted by Gasteiger charge is -2.32. The number of hydrogen-bond donors (Lipinski definition) is 1. The lowest BCUT2D eigenvalue weighted by atomic mass is 9.83. The maximum atomic E-state index is 5.26. The summed E-state index contributed by atoms with van der Waals surface area (Å²) in [5.41, 5.74) is 1.19. The Morgan fingerprint density at radius 3 is 2.78 bits per heavy atom. The second-order valence-corrected chi connectivity index (χ2v) is 5.91. The number of ether oxygens (including phenoxy) is 1. The van der Waals surface area contributed by atoms with E-state index >= 15 is 0 Å². The van der Waals surface area contributed by atoms with Crippen LogP contribution in [0.25, 0.3) is 0 Å². The summed E-state index contributed by atoms with van der Waals surface area (Å²) in [6.45, 7) is 2.30. The van der Waals surface area contributed by atoms with Gasteiger partial charge in [0.25, 0.3) is 0 Å². The van der Waals surface area contributed by atoms with Crippen molar-refractivity contribution in [2.24, 2.45) is 5.92 Å². The lowest BCUT2D eigenvalue weighted by Crippen LogP contribution is -2.31. The van der Waals surface area contributed by atoms with Crippen molar-refractivity contribution < 1.29 is 4.74 Å². The zero-order valence-corrected chi connectivity index (χ0v) is 12.8. The van der Waals surface area contributed by atoms with Crippen molar-refractivity contribution >= 4 is 21.6 Å². The van der Waals surface area contributed by atoms with Crippen molar-refractivity contribution in [2.45, 2.75) is 45.1 Å². The quantitative estimate of drug-likeness (QED) is 0.859. The SMILES string of the molecule is CCC1CCCCC1Nc1ccc(OC)c(Br)c1. The molecule has 1 aromatic rings. The third kappa shape index (κ3) is 3.19. The highest BCUT2D eigenvalue weighted by atomic mass is 79.9. The van der Waals surface area contributed by atoms with Gasteiger partial charge in [-0.2, -0.15) is 0 Å². The number of methoxy groups -OCH3 is 1. The van der Waals surface area contributed by atoms with Gasteiger partial charge in [0.1, 0.15) is 5.75 Å². The minimum Gasteiger partial charge on any atom is -0.496 e. The molecule has 0 aromatic heterocycles. The van der Waals surface area contributed by atoms with E-state index in [1.807, 2.05) is 6.07 Å². The molecular weight excluding hydrogens is 290 g/mol. The number of rotatable bonds is 4. The molecule has 3 heteroatoms. The smallest absolute Gasteiger partial charge is 0.133 e. The molecule has 0 spiro atoms. The van der Waals surface area contributed by atoms with E-state index in [4.69, 9.17) is 4.74 Å². The molecule has 0 aliphatic heterocycles. The first kappa shape index (κ1) is 13.7. The van der Waals surface area contributed by atoms with E-state index in [1.165, 1.54) is 37.8 Å². The molecule has 1 fully saturated rings. The van der Waals surface area contributed by atoms with Gasteiger partial charge in [0.05, 0.1) is 11.6 Å². The minimum absolute atomic E-state index is 0.629. The molecule has 1 N–H and O–H groups in total. The first-order valence-electron chi connectivity index (χ1n) is 6.84. The predicted molar refractivity (Wildman–Crippen MR) is 80.4 cm³/mol. The van der Waals surface area contributed by atoms with E-state index in [1.54, 1.807) is 7.11 Å². The van der Waals surface area contributed by atoms with Gasteiger partial charge < -0.3 is 10.1 Å². The molecule has 2 rings (SSSR count). The fourth-order valence-corrected chi connectivity index (χ4v) is 3.40. The van der Waals surface area contributed by atoms with Crippen molar-refractivity contribution in [3.63, 3.8) is 0 Å². The van der Waals surface area contributed by atoms with Crippen LogP contribution in [0.2, 0.25) is 0 Å². The van der Waals surface area contributed by atoms with Gasteiger partial charge in [0.2, 0.25) is 0 Å². The van der Waals surface area contributed by atoms with Crippen LogP contribution in [-0.2, 0) is 0 Å². The summed E-state index contributed by atoms with van der Waals surface area (Å²) >= 11 is 3.54. The summed E-state index contributed by atoms with van der Waals surface area (Å²) in [7, 11) is 1.70. The fourth-order valence-electron chi connectivity index (χ4n) is 2.86. The van der Waals surface area contributed by atoms with Crippen molar-refractivity contribution in [2.75, 3.05) is 12.4 Å². The third-order valence-electron chi connectivity index (χ3n) is 3.94. The van der Waals surface area contributed by atoms with E-state index in [0.717, 1.165) is 16.1 Å². The molecule has 1 aliphatic rings. The largest absolute Gasteiger partial charge is 0.496 e. The lowest BCUT2D eigenvalue weighted by molar-refractivity contribution is 0.317. The van der Waals surface area contributed by atoms with Gasteiger partial charge >= 0.3 is 0 Å². The van der Waals surface area contributed by atoms with Crippen LogP contribution in [0.4, 0.5) is 5.69 Å². The summed E-state index contributed by atoms with van der Waals surface area (Å²) in [6.07, 6.45) is 6.68. The predicted octanol–water partition coefficient (Wildman–Crippen LogP) is 4.84. The van der Waals surface area contributed by atoms with Crippen LogP contribution < -0.4 is 10.1 Å². The highest BCUT2D eigenvalue weighted by molar-refractivity contribution is 9.10. The zero-order chi connectivity index (χ0) is 13.0. The van der Waals surface area contributed by atoms with Gasteiger partial charge in [0.15, 0.2) is 0 Å². The Morgan fingerprint density at radius 1 is 1.33 bits per heavy atom. The van der Waals surface area contributed by atoms with Crippen molar-refractivity contribution in [1.82, 2.24) is 0 Å². The van der Waals surface area contributed by atoms with E-state index in [2.05, 4.69) is 40.3 Å². The molecule has 0 bridgehead atoms. The van der Waals surface area contributed by atoms with Crippen LogP contribution >= 0.6 is 15.9 Å². The van der Waals surface area contributed by atoms with Gasteiger partial charge in [-0.05, 0) is 52.9 Å². The second-order valence-electron chi connectivity index (χ2n) is 5.05. The number of halogens is 1. The summed E-state index contributed by atoms with van der Waals surface area (Å²) in [5, 5.41) is 3.69. The van der Waals surface area contributed by atoms with E-state index in [9.17, 15) is 0 Å². The van der Waals surface area contributed by atoms with Crippen LogP contribution in [0.1, 0.15) is 39.0 Å². The average Bonchev–Trinajstić information content (AvgIpc) is 2.39. The molecule has 2 nitrogen and oxygen atoms in total. The Kier molecular flexibility index (Phi) is 4.93. The number of anilines is 1. The number of hydrogen-bond acceptors (Lipinski definition) is 2. The molecule has 2 atom stereocenters. The Labute approximate surface area is 118 Å². The normalized spacial score (nSPS) is 23.7. The fraction of sp³-hybridized carbons (Fsp3) is 0.600. The number of benzene rings is 1. The van der Waals surface area contributed by atoms with Gasteiger partial charge in [0, 0.05) is 11.7 Å². The Balaban J connectivity index is 2.05.